The molecule has 4 aliphatic rings. The van der Waals surface area contributed by atoms with Crippen molar-refractivity contribution in [1.29, 1.82) is 0 Å². The molecule has 0 radical (unpaired) electrons. The molecule has 2 aromatic carbocycles. The average Bonchev–Trinajstić information content (AvgIpc) is 4.14. The lowest BCUT2D eigenvalue weighted by molar-refractivity contribution is -0.141. The van der Waals surface area contributed by atoms with Crippen molar-refractivity contribution in [2.75, 3.05) is 20.3 Å². The van der Waals surface area contributed by atoms with Gasteiger partial charge in [0.25, 0.3) is 0 Å². The van der Waals surface area contributed by atoms with Gasteiger partial charge >= 0.3 is 6.09 Å². The molecule has 65 heavy (non-hydrogen) atoms. The number of rotatable bonds is 11. The summed E-state index contributed by atoms with van der Waals surface area (Å²) in [5, 5.41) is 4.27. The molecule has 3 fully saturated rings. The number of carbonyl (C=O) groups is 4. The van der Waals surface area contributed by atoms with Crippen LogP contribution >= 0.6 is 0 Å². The van der Waals surface area contributed by atoms with Gasteiger partial charge < -0.3 is 29.2 Å². The first-order chi connectivity index (χ1) is 30.7. The van der Waals surface area contributed by atoms with Crippen LogP contribution in [0.25, 0.3) is 22.0 Å². The van der Waals surface area contributed by atoms with Crippen molar-refractivity contribution in [3.05, 3.63) is 60.7 Å². The number of amides is 3. The Bertz CT molecular complexity index is 2430. The van der Waals surface area contributed by atoms with E-state index in [0.717, 1.165) is 17.4 Å². The van der Waals surface area contributed by atoms with Crippen LogP contribution in [0.15, 0.2) is 60.7 Å². The van der Waals surface area contributed by atoms with Crippen molar-refractivity contribution in [2.24, 2.45) is 23.2 Å². The van der Waals surface area contributed by atoms with Gasteiger partial charge in [0.15, 0.2) is 5.78 Å². The molecule has 0 spiro atoms. The molecule has 0 unspecified atom stereocenters. The molecule has 1 saturated heterocycles. The van der Waals surface area contributed by atoms with Crippen molar-refractivity contribution in [1.82, 2.24) is 19.9 Å². The molecule has 2 saturated carbocycles. The lowest BCUT2D eigenvalue weighted by Crippen LogP contribution is -2.55. The lowest BCUT2D eigenvalue weighted by atomic mass is 9.88. The highest BCUT2D eigenvalue weighted by atomic mass is 32.2. The Balaban J connectivity index is 1.26. The SMILES string of the molecule is COc1ccc2c(O[C@@H]3C[C@H]4C(=O)C[C@]5(C(=O)NS(=O)(=O)C6(CF)CC6)C[C@H]5/C=C\CC[C@@H](C)C[C@@H](C)[C@H](NC(=O)OC(C)(C)C)C(=O)N4C3)nc(-c3ccc(OC(C)C)cc3)cc2c1. The Hall–Kier alpha value is -5.25. The minimum absolute atomic E-state index is 0.00899. The third-order valence-electron chi connectivity index (χ3n) is 13.1. The number of Topliss-reactive ketones (excluding diaryl/α,β-unsaturated/α-hetero) is 1. The van der Waals surface area contributed by atoms with Crippen molar-refractivity contribution >= 4 is 44.5 Å². The molecule has 16 heteroatoms. The molecule has 1 aromatic heterocycles. The van der Waals surface area contributed by atoms with Crippen LogP contribution in [0.4, 0.5) is 9.18 Å². The third-order valence-corrected chi connectivity index (χ3v) is 15.2. The number of ether oxygens (including phenoxy) is 4. The summed E-state index contributed by atoms with van der Waals surface area (Å²) in [6.07, 6.45) is 4.21. The van der Waals surface area contributed by atoms with Crippen molar-refractivity contribution in [3.8, 4) is 28.6 Å². The zero-order valence-corrected chi connectivity index (χ0v) is 39.5. The van der Waals surface area contributed by atoms with Gasteiger partial charge in [0.1, 0.15) is 40.7 Å². The Morgan fingerprint density at radius 1 is 1.02 bits per heavy atom. The Morgan fingerprint density at radius 2 is 1.72 bits per heavy atom. The van der Waals surface area contributed by atoms with Crippen molar-refractivity contribution in [3.63, 3.8) is 0 Å². The number of nitrogens with zero attached hydrogens (tertiary/aromatic N) is 2. The van der Waals surface area contributed by atoms with Crippen LogP contribution in [0.3, 0.4) is 0 Å². The molecule has 352 valence electrons. The molecule has 0 bridgehead atoms. The Morgan fingerprint density at radius 3 is 2.37 bits per heavy atom. The molecule has 3 amide bonds. The topological polar surface area (TPSA) is 180 Å². The van der Waals surface area contributed by atoms with E-state index in [9.17, 15) is 27.2 Å². The highest BCUT2D eigenvalue weighted by Gasteiger charge is 2.63. The van der Waals surface area contributed by atoms with Crippen molar-refractivity contribution in [2.45, 2.75) is 134 Å². The molecule has 7 rings (SSSR count). The van der Waals surface area contributed by atoms with Crippen LogP contribution < -0.4 is 24.2 Å². The molecule has 7 atom stereocenters. The first-order valence-corrected chi connectivity index (χ1v) is 24.2. The van der Waals surface area contributed by atoms with E-state index < -0.39 is 80.3 Å². The van der Waals surface area contributed by atoms with Gasteiger partial charge in [-0.05, 0) is 145 Å². The van der Waals surface area contributed by atoms with E-state index >= 15 is 4.79 Å². The second-order valence-corrected chi connectivity index (χ2v) is 22.0. The minimum Gasteiger partial charge on any atom is -0.497 e. The zero-order chi connectivity index (χ0) is 47.1. The van der Waals surface area contributed by atoms with Gasteiger partial charge in [-0.15, -0.1) is 0 Å². The van der Waals surface area contributed by atoms with Gasteiger partial charge in [-0.2, -0.15) is 0 Å². The lowest BCUT2D eigenvalue weighted by Gasteiger charge is -2.33. The molecular weight excluding hydrogens is 856 g/mol. The number of aromatic nitrogens is 1. The summed E-state index contributed by atoms with van der Waals surface area (Å²) >= 11 is 0. The largest absolute Gasteiger partial charge is 0.497 e. The molecule has 3 aromatic rings. The molecule has 2 aliphatic heterocycles. The van der Waals surface area contributed by atoms with Gasteiger partial charge in [-0.25, -0.2) is 22.6 Å². The number of alkyl carbamates (subject to hydrolysis) is 1. The fourth-order valence-electron chi connectivity index (χ4n) is 9.23. The van der Waals surface area contributed by atoms with Crippen LogP contribution in [-0.4, -0.2) is 97.0 Å². The maximum absolute atomic E-state index is 15.1. The fraction of sp³-hybridized carbons (Fsp3) is 0.571. The normalized spacial score (nSPS) is 27.4. The van der Waals surface area contributed by atoms with Crippen molar-refractivity contribution < 1.29 is 50.9 Å². The zero-order valence-electron chi connectivity index (χ0n) is 38.6. The number of sulfonamides is 1. The highest BCUT2D eigenvalue weighted by Crippen LogP contribution is 2.58. The van der Waals surface area contributed by atoms with E-state index in [2.05, 4.69) is 17.0 Å². The second kappa shape index (κ2) is 18.6. The average molecular weight is 919 g/mol. The van der Waals surface area contributed by atoms with Gasteiger partial charge in [-0.1, -0.05) is 26.0 Å². The van der Waals surface area contributed by atoms with Crippen LogP contribution in [0.5, 0.6) is 17.4 Å². The standard InChI is InChI=1S/C49H63FN4O10S/c1-29(2)62-35-15-13-32(14-16-35)39-23-33-22-36(61-8)17-18-38(33)43(51-39)63-37-24-40-41(55)26-49(45(57)53-65(59,60)48(28-50)19-20-48)25-34(49)12-10-9-11-30(3)21-31(4)42(44(56)54(40)27-37)52-46(58)64-47(5,6)7/h10,12-18,22-23,29-31,34,37,40,42H,9,11,19-21,24-28H2,1-8H3,(H,52,58)(H,53,57)/b12-10-/t30-,31-,34-,37-,40+,42+,49-/m1/s1. The number of allylic oxidation sites excluding steroid dienone is 2. The number of nitrogens with one attached hydrogen (secondary N) is 2. The predicted octanol–water partition coefficient (Wildman–Crippen LogP) is 7.87. The summed E-state index contributed by atoms with van der Waals surface area (Å²) in [6, 6.07) is 12.7. The maximum atomic E-state index is 15.1. The minimum atomic E-state index is -4.38. The molecule has 2 aliphatic carbocycles. The molecule has 2 N–H and O–H groups in total. The number of halogens is 1. The number of hydrogen-bond donors (Lipinski definition) is 2. The van der Waals surface area contributed by atoms with E-state index in [1.807, 2.05) is 75.4 Å². The summed E-state index contributed by atoms with van der Waals surface area (Å²) in [5.41, 5.74) is -0.907. The quantitative estimate of drug-likeness (QED) is 0.179. The maximum Gasteiger partial charge on any atom is 0.408 e. The number of alkyl halides is 1. The van der Waals surface area contributed by atoms with E-state index in [1.54, 1.807) is 33.9 Å². The van der Waals surface area contributed by atoms with E-state index in [0.29, 0.717) is 35.4 Å². The number of benzene rings is 2. The van der Waals surface area contributed by atoms with Gasteiger partial charge in [0.2, 0.25) is 27.7 Å². The number of ketones is 1. The van der Waals surface area contributed by atoms with Gasteiger partial charge in [0.05, 0.1) is 36.9 Å². The highest BCUT2D eigenvalue weighted by molar-refractivity contribution is 7.91. The Labute approximate surface area is 381 Å². The van der Waals surface area contributed by atoms with Crippen LogP contribution in [0.2, 0.25) is 0 Å². The summed E-state index contributed by atoms with van der Waals surface area (Å²) in [5.74, 6) is -0.982. The van der Waals surface area contributed by atoms with Crippen LogP contribution in [-0.2, 0) is 29.1 Å². The first-order valence-electron chi connectivity index (χ1n) is 22.7. The third kappa shape index (κ3) is 10.6. The second-order valence-electron chi connectivity index (χ2n) is 19.9. The number of hydrogen-bond acceptors (Lipinski definition) is 11. The predicted molar refractivity (Wildman–Crippen MR) is 244 cm³/mol. The van der Waals surface area contributed by atoms with E-state index in [4.69, 9.17) is 23.9 Å². The van der Waals surface area contributed by atoms with E-state index in [-0.39, 0.29) is 62.5 Å². The molecule has 3 heterocycles. The monoisotopic (exact) mass is 918 g/mol. The summed E-state index contributed by atoms with van der Waals surface area (Å²) in [6.45, 7) is 11.8. The summed E-state index contributed by atoms with van der Waals surface area (Å²) in [4.78, 5) is 63.9. The fourth-order valence-corrected chi connectivity index (χ4v) is 10.7. The molecular formula is C49H63FN4O10S. The van der Waals surface area contributed by atoms with Gasteiger partial charge in [0, 0.05) is 23.8 Å². The number of carbonyl (C=O) groups excluding carboxylic acids is 4. The van der Waals surface area contributed by atoms with E-state index in [1.165, 1.54) is 4.90 Å². The number of fused-ring (bicyclic) bond motifs is 3. The smallest absolute Gasteiger partial charge is 0.408 e. The van der Waals surface area contributed by atoms with Gasteiger partial charge in [-0.3, -0.25) is 19.1 Å². The summed E-state index contributed by atoms with van der Waals surface area (Å²) in [7, 11) is -2.80. The summed E-state index contributed by atoms with van der Waals surface area (Å²) < 4.78 is 65.0. The Kier molecular flexibility index (Phi) is 13.6. The number of methoxy groups -OCH3 is 1. The van der Waals surface area contributed by atoms with Crippen LogP contribution in [0.1, 0.15) is 99.8 Å². The first kappa shape index (κ1) is 47.7. The number of pyridine rings is 1. The molecule has 14 nitrogen and oxygen atoms in total. The van der Waals surface area contributed by atoms with Crippen LogP contribution in [0, 0.1) is 23.2 Å².